The van der Waals surface area contributed by atoms with Crippen LogP contribution in [0.3, 0.4) is 0 Å². The number of phenols is 2. The summed E-state index contributed by atoms with van der Waals surface area (Å²) in [4.78, 5) is 0. The summed E-state index contributed by atoms with van der Waals surface area (Å²) >= 11 is 0. The Morgan fingerprint density at radius 3 is 1.80 bits per heavy atom. The van der Waals surface area contributed by atoms with Crippen LogP contribution in [0.5, 0.6) is 11.5 Å². The second kappa shape index (κ2) is 5.58. The summed E-state index contributed by atoms with van der Waals surface area (Å²) in [6.07, 6.45) is 0. The van der Waals surface area contributed by atoms with E-state index in [-0.39, 0.29) is 11.5 Å². The van der Waals surface area contributed by atoms with E-state index in [0.29, 0.717) is 11.8 Å². The molecule has 0 atom stereocenters. The molecule has 0 aliphatic heterocycles. The lowest BCUT2D eigenvalue weighted by molar-refractivity contribution is 0.452. The Kier molecular flexibility index (Phi) is 4.03. The first kappa shape index (κ1) is 14.4. The van der Waals surface area contributed by atoms with E-state index in [4.69, 9.17) is 0 Å². The molecule has 0 heterocycles. The average Bonchev–Trinajstić information content (AvgIpc) is 2.37. The molecule has 0 aliphatic rings. The van der Waals surface area contributed by atoms with Crippen LogP contribution in [0, 0.1) is 0 Å². The zero-order valence-electron chi connectivity index (χ0n) is 12.5. The quantitative estimate of drug-likeness (QED) is 0.822. The fourth-order valence-corrected chi connectivity index (χ4v) is 2.59. The number of benzene rings is 2. The van der Waals surface area contributed by atoms with E-state index >= 15 is 0 Å². The number of hydrogen-bond acceptors (Lipinski definition) is 2. The summed E-state index contributed by atoms with van der Waals surface area (Å²) in [7, 11) is 0. The van der Waals surface area contributed by atoms with E-state index in [1.165, 1.54) is 17.2 Å². The van der Waals surface area contributed by atoms with Crippen LogP contribution in [-0.4, -0.2) is 10.2 Å². The summed E-state index contributed by atoms with van der Waals surface area (Å²) in [6, 6.07) is 11.1. The minimum atomic E-state index is 0.0828. The number of rotatable bonds is 3. The van der Waals surface area contributed by atoms with Crippen molar-refractivity contribution in [3.8, 4) is 22.6 Å². The van der Waals surface area contributed by atoms with Crippen molar-refractivity contribution >= 4 is 0 Å². The van der Waals surface area contributed by atoms with Gasteiger partial charge in [0, 0.05) is 11.6 Å². The highest BCUT2D eigenvalue weighted by Crippen LogP contribution is 2.41. The average molecular weight is 270 g/mol. The largest absolute Gasteiger partial charge is 0.508 e. The highest BCUT2D eigenvalue weighted by atomic mass is 16.3. The first-order chi connectivity index (χ1) is 9.41. The molecule has 0 fully saturated rings. The molecular formula is C18H22O2. The van der Waals surface area contributed by atoms with E-state index in [2.05, 4.69) is 45.9 Å². The molecule has 0 spiro atoms. The van der Waals surface area contributed by atoms with Gasteiger partial charge in [0.05, 0.1) is 0 Å². The van der Waals surface area contributed by atoms with Crippen LogP contribution in [0.2, 0.25) is 0 Å². The normalized spacial score (nSPS) is 11.3. The molecule has 2 aromatic carbocycles. The van der Waals surface area contributed by atoms with Gasteiger partial charge in [0.15, 0.2) is 0 Å². The topological polar surface area (TPSA) is 40.5 Å². The zero-order valence-corrected chi connectivity index (χ0v) is 12.5. The second-order valence-corrected chi connectivity index (χ2v) is 5.82. The van der Waals surface area contributed by atoms with Crippen LogP contribution in [0.1, 0.15) is 50.7 Å². The van der Waals surface area contributed by atoms with Gasteiger partial charge >= 0.3 is 0 Å². The first-order valence-electron chi connectivity index (χ1n) is 7.07. The molecule has 2 rings (SSSR count). The van der Waals surface area contributed by atoms with Gasteiger partial charge in [-0.1, -0.05) is 45.9 Å². The molecule has 2 heteroatoms. The summed E-state index contributed by atoms with van der Waals surface area (Å²) in [5, 5.41) is 19.7. The molecule has 2 aromatic rings. The molecule has 0 unspecified atom stereocenters. The molecule has 20 heavy (non-hydrogen) atoms. The second-order valence-electron chi connectivity index (χ2n) is 5.82. The highest BCUT2D eigenvalue weighted by Gasteiger charge is 2.17. The lowest BCUT2D eigenvalue weighted by atomic mass is 9.85. The molecule has 106 valence electrons. The van der Waals surface area contributed by atoms with Crippen molar-refractivity contribution in [1.82, 2.24) is 0 Å². The Morgan fingerprint density at radius 2 is 1.35 bits per heavy atom. The van der Waals surface area contributed by atoms with E-state index in [1.54, 1.807) is 12.1 Å². The third kappa shape index (κ3) is 2.64. The van der Waals surface area contributed by atoms with Gasteiger partial charge < -0.3 is 10.2 Å². The molecule has 0 aliphatic carbocycles. The molecule has 2 N–H and O–H groups in total. The fourth-order valence-electron chi connectivity index (χ4n) is 2.59. The molecule has 0 saturated carbocycles. The summed E-state index contributed by atoms with van der Waals surface area (Å²) in [5.41, 5.74) is 4.32. The van der Waals surface area contributed by atoms with Crippen LogP contribution in [0.4, 0.5) is 0 Å². The Balaban J connectivity index is 2.76. The maximum absolute atomic E-state index is 10.2. The Labute approximate surface area is 120 Å². The molecule has 0 amide bonds. The summed E-state index contributed by atoms with van der Waals surface area (Å²) < 4.78 is 0. The van der Waals surface area contributed by atoms with E-state index < -0.39 is 0 Å². The van der Waals surface area contributed by atoms with Gasteiger partial charge in [-0.25, -0.2) is 0 Å². The van der Waals surface area contributed by atoms with Crippen LogP contribution >= 0.6 is 0 Å². The predicted octanol–water partition coefficient (Wildman–Crippen LogP) is 5.01. The van der Waals surface area contributed by atoms with Crippen molar-refractivity contribution in [3.05, 3.63) is 47.5 Å². The lowest BCUT2D eigenvalue weighted by Crippen LogP contribution is -1.99. The van der Waals surface area contributed by atoms with E-state index in [9.17, 15) is 10.2 Å². The van der Waals surface area contributed by atoms with Crippen molar-refractivity contribution in [3.63, 3.8) is 0 Å². The summed E-state index contributed by atoms with van der Waals surface area (Å²) in [5.74, 6) is 0.952. The van der Waals surface area contributed by atoms with Gasteiger partial charge in [-0.15, -0.1) is 0 Å². The van der Waals surface area contributed by atoms with Crippen molar-refractivity contribution in [1.29, 1.82) is 0 Å². The van der Waals surface area contributed by atoms with Gasteiger partial charge in [-0.3, -0.25) is 0 Å². The third-order valence-electron chi connectivity index (χ3n) is 3.62. The van der Waals surface area contributed by atoms with Crippen molar-refractivity contribution in [2.75, 3.05) is 0 Å². The first-order valence-corrected chi connectivity index (χ1v) is 7.07. The maximum atomic E-state index is 10.2. The fraction of sp³-hybridized carbons (Fsp3) is 0.333. The van der Waals surface area contributed by atoms with Crippen LogP contribution in [0.25, 0.3) is 11.1 Å². The Bertz CT molecular complexity index is 587. The highest BCUT2D eigenvalue weighted by molar-refractivity contribution is 5.77. The van der Waals surface area contributed by atoms with Gasteiger partial charge in [-0.05, 0) is 40.7 Å². The van der Waals surface area contributed by atoms with Gasteiger partial charge in [0.1, 0.15) is 11.5 Å². The van der Waals surface area contributed by atoms with Crippen molar-refractivity contribution in [2.45, 2.75) is 39.5 Å². The standard InChI is InChI=1S/C18H22O2/c1-11(2)14-6-5-7-15(12(3)4)18(14)16-9-8-13(19)10-17(16)20/h5-12,19-20H,1-4H3. The molecular weight excluding hydrogens is 248 g/mol. The van der Waals surface area contributed by atoms with Gasteiger partial charge in [-0.2, -0.15) is 0 Å². The monoisotopic (exact) mass is 270 g/mol. The number of phenolic OH excluding ortho intramolecular Hbond substituents is 2. The Morgan fingerprint density at radius 1 is 0.800 bits per heavy atom. The van der Waals surface area contributed by atoms with Gasteiger partial charge in [0.25, 0.3) is 0 Å². The molecule has 0 radical (unpaired) electrons. The maximum Gasteiger partial charge on any atom is 0.127 e. The van der Waals surface area contributed by atoms with E-state index in [1.807, 2.05) is 0 Å². The summed E-state index contributed by atoms with van der Waals surface area (Å²) in [6.45, 7) is 8.61. The van der Waals surface area contributed by atoms with Crippen molar-refractivity contribution in [2.24, 2.45) is 0 Å². The molecule has 2 nitrogen and oxygen atoms in total. The van der Waals surface area contributed by atoms with Crippen LogP contribution in [-0.2, 0) is 0 Å². The minimum Gasteiger partial charge on any atom is -0.508 e. The van der Waals surface area contributed by atoms with Crippen LogP contribution < -0.4 is 0 Å². The third-order valence-corrected chi connectivity index (χ3v) is 3.62. The van der Waals surface area contributed by atoms with Crippen molar-refractivity contribution < 1.29 is 10.2 Å². The predicted molar refractivity (Wildman–Crippen MR) is 83.4 cm³/mol. The Hall–Kier alpha value is -1.96. The SMILES string of the molecule is CC(C)c1cccc(C(C)C)c1-c1ccc(O)cc1O. The molecule has 0 saturated heterocycles. The number of aromatic hydroxyl groups is 2. The smallest absolute Gasteiger partial charge is 0.127 e. The number of hydrogen-bond donors (Lipinski definition) is 2. The minimum absolute atomic E-state index is 0.0828. The molecule has 0 bridgehead atoms. The lowest BCUT2D eigenvalue weighted by Gasteiger charge is -2.20. The zero-order chi connectivity index (χ0) is 14.9. The van der Waals surface area contributed by atoms with Gasteiger partial charge in [0.2, 0.25) is 0 Å². The molecule has 0 aromatic heterocycles. The van der Waals surface area contributed by atoms with Crippen LogP contribution in [0.15, 0.2) is 36.4 Å². The van der Waals surface area contributed by atoms with E-state index in [0.717, 1.165) is 11.1 Å².